The zero-order valence-corrected chi connectivity index (χ0v) is 18.6. The van der Waals surface area contributed by atoms with Crippen molar-refractivity contribution in [2.45, 2.75) is 31.2 Å². The number of benzene rings is 1. The lowest BCUT2D eigenvalue weighted by molar-refractivity contribution is 0.0962. The van der Waals surface area contributed by atoms with Crippen LogP contribution >= 0.6 is 0 Å². The van der Waals surface area contributed by atoms with Gasteiger partial charge in [-0.3, -0.25) is 14.5 Å². The van der Waals surface area contributed by atoms with Gasteiger partial charge in [-0.05, 0) is 49.6 Å². The first kappa shape index (κ1) is 21.5. The second-order valence-corrected chi connectivity index (χ2v) is 8.78. The fourth-order valence-electron chi connectivity index (χ4n) is 5.03. The van der Waals surface area contributed by atoms with Crippen molar-refractivity contribution in [3.8, 4) is 0 Å². The molecule has 0 spiro atoms. The molecule has 3 aromatic rings. The molecule has 2 aromatic heterocycles. The molecule has 8 nitrogen and oxygen atoms in total. The first-order valence-electron chi connectivity index (χ1n) is 11.4. The molecular formula is C24H27FN6O2. The second kappa shape index (κ2) is 8.90. The number of nitrogens with one attached hydrogen (secondary N) is 2. The van der Waals surface area contributed by atoms with Crippen molar-refractivity contribution in [3.63, 3.8) is 0 Å². The van der Waals surface area contributed by atoms with Crippen LogP contribution in [0, 0.1) is 5.82 Å². The Morgan fingerprint density at radius 2 is 1.97 bits per heavy atom. The highest BCUT2D eigenvalue weighted by molar-refractivity contribution is 5.93. The van der Waals surface area contributed by atoms with Crippen LogP contribution in [0.25, 0.3) is 10.9 Å². The number of carbonyl (C=O) groups excluding carboxylic acids is 1. The van der Waals surface area contributed by atoms with Crippen molar-refractivity contribution in [1.82, 2.24) is 25.2 Å². The van der Waals surface area contributed by atoms with E-state index in [1.165, 1.54) is 12.1 Å². The van der Waals surface area contributed by atoms with Crippen molar-refractivity contribution < 1.29 is 9.18 Å². The Morgan fingerprint density at radius 3 is 2.70 bits per heavy atom. The van der Waals surface area contributed by atoms with Crippen molar-refractivity contribution in [2.75, 3.05) is 38.1 Å². The summed E-state index contributed by atoms with van der Waals surface area (Å²) >= 11 is 0. The van der Waals surface area contributed by atoms with E-state index in [0.717, 1.165) is 51.3 Å². The smallest absolute Gasteiger partial charge is 0.258 e. The number of piperazine rings is 1. The van der Waals surface area contributed by atoms with Crippen LogP contribution in [0.3, 0.4) is 0 Å². The van der Waals surface area contributed by atoms with E-state index in [1.54, 1.807) is 25.4 Å². The van der Waals surface area contributed by atoms with Gasteiger partial charge in [0.15, 0.2) is 0 Å². The van der Waals surface area contributed by atoms with Gasteiger partial charge in [-0.25, -0.2) is 14.4 Å². The summed E-state index contributed by atoms with van der Waals surface area (Å²) in [5.41, 5.74) is 0.825. The number of amides is 1. The van der Waals surface area contributed by atoms with Crippen LogP contribution in [-0.2, 0) is 0 Å². The number of hydrogen-bond acceptors (Lipinski definition) is 6. The first-order chi connectivity index (χ1) is 16.0. The van der Waals surface area contributed by atoms with Gasteiger partial charge in [0.1, 0.15) is 17.5 Å². The molecule has 172 valence electrons. The fraction of sp³-hybridized carbons (Fsp3) is 0.417. The van der Waals surface area contributed by atoms with E-state index >= 15 is 0 Å². The molecule has 0 unspecified atom stereocenters. The normalized spacial score (nSPS) is 21.5. The van der Waals surface area contributed by atoms with Crippen LogP contribution in [-0.4, -0.2) is 65.0 Å². The quantitative estimate of drug-likeness (QED) is 0.633. The van der Waals surface area contributed by atoms with Gasteiger partial charge in [0.25, 0.3) is 11.5 Å². The summed E-state index contributed by atoms with van der Waals surface area (Å²) in [6.45, 7) is 3.64. The van der Waals surface area contributed by atoms with Gasteiger partial charge in [0, 0.05) is 51.4 Å². The molecule has 33 heavy (non-hydrogen) atoms. The number of H-pyrrole nitrogens is 1. The number of anilines is 1. The SMILES string of the molecule is CNC(=O)c1ccc(N2CCN([C@@H]3CC[C@@H](c4nc5ccc(F)cc5c(=O)[nH]4)C3)CC2)nc1. The number of hydrogen-bond donors (Lipinski definition) is 2. The molecule has 2 atom stereocenters. The van der Waals surface area contributed by atoms with E-state index in [2.05, 4.69) is 30.1 Å². The van der Waals surface area contributed by atoms with Crippen LogP contribution in [0.15, 0.2) is 41.3 Å². The summed E-state index contributed by atoms with van der Waals surface area (Å²) in [7, 11) is 1.61. The van der Waals surface area contributed by atoms with E-state index in [0.29, 0.717) is 28.3 Å². The molecule has 1 aliphatic heterocycles. The summed E-state index contributed by atoms with van der Waals surface area (Å²) in [5.74, 6) is 1.24. The zero-order valence-electron chi connectivity index (χ0n) is 18.6. The third-order valence-corrected chi connectivity index (χ3v) is 6.87. The topological polar surface area (TPSA) is 94.2 Å². The average Bonchev–Trinajstić information content (AvgIpc) is 3.34. The zero-order chi connectivity index (χ0) is 22.9. The number of fused-ring (bicyclic) bond motifs is 1. The van der Waals surface area contributed by atoms with Crippen LogP contribution in [0.2, 0.25) is 0 Å². The van der Waals surface area contributed by atoms with Gasteiger partial charge in [-0.1, -0.05) is 0 Å². The van der Waals surface area contributed by atoms with Crippen LogP contribution in [0.4, 0.5) is 10.2 Å². The lowest BCUT2D eigenvalue weighted by atomic mass is 10.1. The van der Waals surface area contributed by atoms with Crippen molar-refractivity contribution >= 4 is 22.6 Å². The average molecular weight is 451 g/mol. The summed E-state index contributed by atoms with van der Waals surface area (Å²) < 4.78 is 13.5. The number of halogens is 1. The van der Waals surface area contributed by atoms with Gasteiger partial charge >= 0.3 is 0 Å². The minimum absolute atomic E-state index is 0.135. The molecule has 1 aliphatic carbocycles. The van der Waals surface area contributed by atoms with E-state index in [-0.39, 0.29) is 17.4 Å². The summed E-state index contributed by atoms with van der Waals surface area (Å²) in [4.78, 5) is 40.9. The molecule has 5 rings (SSSR count). The lowest BCUT2D eigenvalue weighted by Gasteiger charge is -2.38. The summed E-state index contributed by atoms with van der Waals surface area (Å²) in [6.07, 6.45) is 4.61. The van der Waals surface area contributed by atoms with E-state index < -0.39 is 5.82 Å². The highest BCUT2D eigenvalue weighted by Crippen LogP contribution is 2.36. The highest BCUT2D eigenvalue weighted by Gasteiger charge is 2.33. The Morgan fingerprint density at radius 1 is 1.15 bits per heavy atom. The van der Waals surface area contributed by atoms with Crippen LogP contribution in [0.1, 0.15) is 41.4 Å². The highest BCUT2D eigenvalue weighted by atomic mass is 19.1. The third-order valence-electron chi connectivity index (χ3n) is 6.87. The molecule has 1 aromatic carbocycles. The molecule has 0 radical (unpaired) electrons. The maximum atomic E-state index is 13.5. The first-order valence-corrected chi connectivity index (χ1v) is 11.4. The molecule has 0 bridgehead atoms. The van der Waals surface area contributed by atoms with E-state index in [9.17, 15) is 14.0 Å². The molecular weight excluding hydrogens is 423 g/mol. The Bertz CT molecular complexity index is 1220. The minimum Gasteiger partial charge on any atom is -0.355 e. The van der Waals surface area contributed by atoms with Crippen LogP contribution in [0.5, 0.6) is 0 Å². The fourth-order valence-corrected chi connectivity index (χ4v) is 5.03. The molecule has 2 fully saturated rings. The minimum atomic E-state index is -0.430. The maximum Gasteiger partial charge on any atom is 0.258 e. The molecule has 9 heteroatoms. The molecule has 1 amide bonds. The van der Waals surface area contributed by atoms with Gasteiger partial charge < -0.3 is 15.2 Å². The third kappa shape index (κ3) is 4.32. The molecule has 1 saturated carbocycles. The number of carbonyl (C=O) groups is 1. The molecule has 2 aliphatic rings. The van der Waals surface area contributed by atoms with E-state index in [1.807, 2.05) is 6.07 Å². The largest absolute Gasteiger partial charge is 0.355 e. The van der Waals surface area contributed by atoms with Gasteiger partial charge in [0.2, 0.25) is 0 Å². The predicted molar refractivity (Wildman–Crippen MR) is 124 cm³/mol. The lowest BCUT2D eigenvalue weighted by Crippen LogP contribution is -2.50. The predicted octanol–water partition coefficient (Wildman–Crippen LogP) is 2.28. The van der Waals surface area contributed by atoms with Gasteiger partial charge in [0.05, 0.1) is 16.5 Å². The number of pyridine rings is 1. The van der Waals surface area contributed by atoms with Crippen molar-refractivity contribution in [3.05, 3.63) is 64.1 Å². The summed E-state index contributed by atoms with van der Waals surface area (Å²) in [6, 6.07) is 8.32. The van der Waals surface area contributed by atoms with E-state index in [4.69, 9.17) is 0 Å². The number of rotatable bonds is 4. The molecule has 3 heterocycles. The molecule has 2 N–H and O–H groups in total. The Hall–Kier alpha value is -3.33. The molecule has 1 saturated heterocycles. The number of nitrogens with zero attached hydrogens (tertiary/aromatic N) is 4. The number of aromatic amines is 1. The Kier molecular flexibility index (Phi) is 5.80. The standard InChI is InChI=1S/C24H27FN6O2/c1-26-23(32)16-3-7-21(27-14-16)31-10-8-30(9-11-31)18-5-2-15(12-18)22-28-20-6-4-17(25)13-19(20)24(33)29-22/h3-4,6-7,13-15,18H,2,5,8-12H2,1H3,(H,26,32)(H,28,29,33)/t15-,18-/m1/s1. The Labute approximate surface area is 190 Å². The Balaban J connectivity index is 1.21. The second-order valence-electron chi connectivity index (χ2n) is 8.78. The summed E-state index contributed by atoms with van der Waals surface area (Å²) in [5, 5.41) is 2.90. The number of aromatic nitrogens is 3. The van der Waals surface area contributed by atoms with Crippen molar-refractivity contribution in [2.24, 2.45) is 0 Å². The van der Waals surface area contributed by atoms with Gasteiger partial charge in [-0.2, -0.15) is 0 Å². The maximum absolute atomic E-state index is 13.5. The monoisotopic (exact) mass is 450 g/mol. The van der Waals surface area contributed by atoms with Crippen molar-refractivity contribution in [1.29, 1.82) is 0 Å². The van der Waals surface area contributed by atoms with Crippen LogP contribution < -0.4 is 15.8 Å². The van der Waals surface area contributed by atoms with Gasteiger partial charge in [-0.15, -0.1) is 0 Å².